The van der Waals surface area contributed by atoms with E-state index in [1.54, 1.807) is 20.8 Å². The molecule has 2 unspecified atom stereocenters. The number of ether oxygens (including phenoxy) is 1. The minimum Gasteiger partial charge on any atom is -0.444 e. The first-order chi connectivity index (χ1) is 9.14. The average molecular weight is 290 g/mol. The SMILES string of the molecule is CCCC(CCC(O)C[N+](=O)[O-])NC(=O)OC(C)(C)C. The molecule has 0 aromatic rings. The molecule has 0 aromatic heterocycles. The molecule has 0 aliphatic carbocycles. The van der Waals surface area contributed by atoms with Gasteiger partial charge in [0.15, 0.2) is 0 Å². The molecule has 0 spiro atoms. The van der Waals surface area contributed by atoms with Crippen LogP contribution in [0.25, 0.3) is 0 Å². The number of nitrogens with zero attached hydrogens (tertiary/aromatic N) is 1. The summed E-state index contributed by atoms with van der Waals surface area (Å²) in [4.78, 5) is 21.4. The minimum atomic E-state index is -0.982. The third kappa shape index (κ3) is 10.5. The molecule has 0 bridgehead atoms. The zero-order chi connectivity index (χ0) is 15.8. The number of nitro groups is 1. The van der Waals surface area contributed by atoms with E-state index in [1.807, 2.05) is 6.92 Å². The molecule has 2 N–H and O–H groups in total. The average Bonchev–Trinajstić information content (AvgIpc) is 2.22. The summed E-state index contributed by atoms with van der Waals surface area (Å²) in [6.07, 6.45) is 0.893. The Morgan fingerprint density at radius 2 is 1.95 bits per heavy atom. The number of hydrogen-bond donors (Lipinski definition) is 2. The summed E-state index contributed by atoms with van der Waals surface area (Å²) in [5.74, 6) is 0. The van der Waals surface area contributed by atoms with Gasteiger partial charge < -0.3 is 15.2 Å². The Bertz CT molecular complexity index is 314. The lowest BCUT2D eigenvalue weighted by molar-refractivity contribution is -0.490. The first kappa shape index (κ1) is 18.6. The molecule has 0 rings (SSSR count). The molecule has 118 valence electrons. The largest absolute Gasteiger partial charge is 0.444 e. The maximum Gasteiger partial charge on any atom is 0.407 e. The minimum absolute atomic E-state index is 0.142. The van der Waals surface area contributed by atoms with E-state index in [9.17, 15) is 20.0 Å². The summed E-state index contributed by atoms with van der Waals surface area (Å²) in [7, 11) is 0. The number of amides is 1. The van der Waals surface area contributed by atoms with Crippen LogP contribution >= 0.6 is 0 Å². The maximum atomic E-state index is 11.7. The molecule has 0 fully saturated rings. The third-order valence-electron chi connectivity index (χ3n) is 2.57. The van der Waals surface area contributed by atoms with Gasteiger partial charge in [0.1, 0.15) is 11.7 Å². The van der Waals surface area contributed by atoms with Gasteiger partial charge in [-0.3, -0.25) is 10.1 Å². The van der Waals surface area contributed by atoms with Gasteiger partial charge >= 0.3 is 6.09 Å². The summed E-state index contributed by atoms with van der Waals surface area (Å²) in [6, 6.07) is -0.142. The zero-order valence-electron chi connectivity index (χ0n) is 12.7. The molecule has 0 heterocycles. The van der Waals surface area contributed by atoms with E-state index in [4.69, 9.17) is 4.74 Å². The predicted molar refractivity (Wildman–Crippen MR) is 75.2 cm³/mol. The van der Waals surface area contributed by atoms with Gasteiger partial charge in [0.05, 0.1) is 0 Å². The molecule has 0 aromatic carbocycles. The number of carbonyl (C=O) groups excluding carboxylic acids is 1. The Hall–Kier alpha value is -1.37. The Labute approximate surface area is 119 Å². The lowest BCUT2D eigenvalue weighted by atomic mass is 10.0. The van der Waals surface area contributed by atoms with Crippen molar-refractivity contribution < 1.29 is 19.6 Å². The summed E-state index contributed by atoms with van der Waals surface area (Å²) < 4.78 is 5.17. The van der Waals surface area contributed by atoms with Crippen LogP contribution in [0.1, 0.15) is 53.4 Å². The second kappa shape index (κ2) is 8.73. The number of carbonyl (C=O) groups is 1. The number of aliphatic hydroxyl groups is 1. The number of nitrogens with one attached hydrogen (secondary N) is 1. The Balaban J connectivity index is 4.22. The normalized spacial score (nSPS) is 14.4. The van der Waals surface area contributed by atoms with Crippen LogP contribution < -0.4 is 5.32 Å². The van der Waals surface area contributed by atoms with Crippen LogP contribution in [0.3, 0.4) is 0 Å². The van der Waals surface area contributed by atoms with Crippen LogP contribution in [0.2, 0.25) is 0 Å². The smallest absolute Gasteiger partial charge is 0.407 e. The van der Waals surface area contributed by atoms with E-state index >= 15 is 0 Å². The van der Waals surface area contributed by atoms with Gasteiger partial charge in [0.25, 0.3) is 0 Å². The van der Waals surface area contributed by atoms with Crippen LogP contribution in [0.15, 0.2) is 0 Å². The van der Waals surface area contributed by atoms with Crippen molar-refractivity contribution in [3.05, 3.63) is 10.1 Å². The van der Waals surface area contributed by atoms with Gasteiger partial charge in [-0.1, -0.05) is 13.3 Å². The van der Waals surface area contributed by atoms with Crippen molar-refractivity contribution in [3.63, 3.8) is 0 Å². The van der Waals surface area contributed by atoms with E-state index in [0.29, 0.717) is 6.42 Å². The molecular formula is C13H26N2O5. The molecule has 1 amide bonds. The Morgan fingerprint density at radius 1 is 1.35 bits per heavy atom. The van der Waals surface area contributed by atoms with Crippen molar-refractivity contribution in [1.29, 1.82) is 0 Å². The van der Waals surface area contributed by atoms with Crippen LogP contribution in [0.5, 0.6) is 0 Å². The zero-order valence-corrected chi connectivity index (χ0v) is 12.7. The van der Waals surface area contributed by atoms with E-state index in [1.165, 1.54) is 0 Å². The highest BCUT2D eigenvalue weighted by atomic mass is 16.6. The third-order valence-corrected chi connectivity index (χ3v) is 2.57. The molecule has 20 heavy (non-hydrogen) atoms. The molecule has 7 nitrogen and oxygen atoms in total. The number of alkyl carbamates (subject to hydrolysis) is 1. The number of hydrogen-bond acceptors (Lipinski definition) is 5. The molecule has 0 aliphatic heterocycles. The van der Waals surface area contributed by atoms with Crippen molar-refractivity contribution in [2.24, 2.45) is 0 Å². The molecule has 0 radical (unpaired) electrons. The van der Waals surface area contributed by atoms with Crippen molar-refractivity contribution in [3.8, 4) is 0 Å². The highest BCUT2D eigenvalue weighted by molar-refractivity contribution is 5.68. The lowest BCUT2D eigenvalue weighted by Gasteiger charge is -2.23. The highest BCUT2D eigenvalue weighted by Gasteiger charge is 2.20. The van der Waals surface area contributed by atoms with Crippen LogP contribution in [0, 0.1) is 10.1 Å². The van der Waals surface area contributed by atoms with E-state index in [-0.39, 0.29) is 12.5 Å². The topological polar surface area (TPSA) is 102 Å². The highest BCUT2D eigenvalue weighted by Crippen LogP contribution is 2.11. The van der Waals surface area contributed by atoms with E-state index < -0.39 is 29.3 Å². The molecule has 0 saturated carbocycles. The molecular weight excluding hydrogens is 264 g/mol. The van der Waals surface area contributed by atoms with Crippen LogP contribution in [0.4, 0.5) is 4.79 Å². The molecule has 7 heteroatoms. The molecule has 0 saturated heterocycles. The van der Waals surface area contributed by atoms with Gasteiger partial charge in [-0.15, -0.1) is 0 Å². The van der Waals surface area contributed by atoms with Crippen molar-refractivity contribution >= 4 is 6.09 Å². The number of rotatable bonds is 8. The van der Waals surface area contributed by atoms with Gasteiger partial charge in [0, 0.05) is 11.0 Å². The monoisotopic (exact) mass is 290 g/mol. The van der Waals surface area contributed by atoms with Gasteiger partial charge in [-0.25, -0.2) is 4.79 Å². The van der Waals surface area contributed by atoms with Gasteiger partial charge in [-0.05, 0) is 40.0 Å². The van der Waals surface area contributed by atoms with Crippen molar-refractivity contribution in [2.45, 2.75) is 71.1 Å². The van der Waals surface area contributed by atoms with Gasteiger partial charge in [0.2, 0.25) is 6.54 Å². The Kier molecular flexibility index (Phi) is 8.13. The summed E-state index contributed by atoms with van der Waals surface area (Å²) in [5, 5.41) is 22.5. The fourth-order valence-electron chi connectivity index (χ4n) is 1.77. The van der Waals surface area contributed by atoms with Crippen molar-refractivity contribution in [1.82, 2.24) is 5.32 Å². The van der Waals surface area contributed by atoms with E-state index in [2.05, 4.69) is 5.32 Å². The fraction of sp³-hybridized carbons (Fsp3) is 0.923. The van der Waals surface area contributed by atoms with Gasteiger partial charge in [-0.2, -0.15) is 0 Å². The first-order valence-electron chi connectivity index (χ1n) is 6.93. The Morgan fingerprint density at radius 3 is 2.40 bits per heavy atom. The van der Waals surface area contributed by atoms with Crippen LogP contribution in [-0.4, -0.2) is 40.4 Å². The first-order valence-corrected chi connectivity index (χ1v) is 6.93. The number of aliphatic hydroxyl groups excluding tert-OH is 1. The quantitative estimate of drug-likeness (QED) is 0.526. The fourth-order valence-corrected chi connectivity index (χ4v) is 1.77. The second-order valence-electron chi connectivity index (χ2n) is 5.88. The summed E-state index contributed by atoms with van der Waals surface area (Å²) >= 11 is 0. The standard InChI is InChI=1S/C13H26N2O5/c1-5-6-10(7-8-11(16)9-15(18)19)14-12(17)20-13(2,3)4/h10-11,16H,5-9H2,1-4H3,(H,14,17). The predicted octanol–water partition coefficient (Wildman–Crippen LogP) is 2.10. The molecule has 2 atom stereocenters. The van der Waals surface area contributed by atoms with Crippen molar-refractivity contribution in [2.75, 3.05) is 6.54 Å². The molecule has 0 aliphatic rings. The second-order valence-corrected chi connectivity index (χ2v) is 5.88. The lowest BCUT2D eigenvalue weighted by Crippen LogP contribution is -2.39. The maximum absolute atomic E-state index is 11.7. The summed E-state index contributed by atoms with van der Waals surface area (Å²) in [6.45, 7) is 6.86. The van der Waals surface area contributed by atoms with E-state index in [0.717, 1.165) is 12.8 Å². The van der Waals surface area contributed by atoms with Crippen LogP contribution in [-0.2, 0) is 4.74 Å². The summed E-state index contributed by atoms with van der Waals surface area (Å²) in [5.41, 5.74) is -0.564.